The summed E-state index contributed by atoms with van der Waals surface area (Å²) in [6, 6.07) is 0.138. The van der Waals surface area contributed by atoms with Crippen molar-refractivity contribution in [3.63, 3.8) is 0 Å². The number of carbonyl (C=O) groups excluding carboxylic acids is 2. The van der Waals surface area contributed by atoms with Gasteiger partial charge in [0.15, 0.2) is 0 Å². The number of aromatic nitrogens is 1. The fourth-order valence-electron chi connectivity index (χ4n) is 1.84. The molecule has 2 rings (SSSR count). The van der Waals surface area contributed by atoms with E-state index in [1.165, 1.54) is 11.3 Å². The average molecular weight is 298 g/mol. The van der Waals surface area contributed by atoms with Crippen molar-refractivity contribution in [3.8, 4) is 0 Å². The second-order valence-corrected chi connectivity index (χ2v) is 5.47. The molecule has 0 N–H and O–H groups in total. The Balaban J connectivity index is 2.04. The molecule has 110 valence electrons. The van der Waals surface area contributed by atoms with Gasteiger partial charge in [0.05, 0.1) is 13.2 Å². The molecular weight excluding hydrogens is 280 g/mol. The Morgan fingerprint density at radius 1 is 1.50 bits per heavy atom. The SMILES string of the molecule is CCOC(=O)CN(C(=O)c1csc(COC)n1)C1CC1. The van der Waals surface area contributed by atoms with Crippen LogP contribution in [-0.4, -0.2) is 48.1 Å². The molecule has 1 fully saturated rings. The van der Waals surface area contributed by atoms with Crippen molar-refractivity contribution in [1.29, 1.82) is 0 Å². The maximum Gasteiger partial charge on any atom is 0.325 e. The van der Waals surface area contributed by atoms with Gasteiger partial charge in [-0.05, 0) is 19.8 Å². The summed E-state index contributed by atoms with van der Waals surface area (Å²) >= 11 is 1.38. The maximum atomic E-state index is 12.4. The zero-order valence-electron chi connectivity index (χ0n) is 11.6. The molecule has 0 saturated heterocycles. The van der Waals surface area contributed by atoms with Crippen LogP contribution >= 0.6 is 11.3 Å². The lowest BCUT2D eigenvalue weighted by molar-refractivity contribution is -0.144. The van der Waals surface area contributed by atoms with E-state index in [0.29, 0.717) is 18.9 Å². The van der Waals surface area contributed by atoms with Crippen LogP contribution in [0.15, 0.2) is 5.38 Å². The van der Waals surface area contributed by atoms with Crippen LogP contribution in [0.4, 0.5) is 0 Å². The molecule has 6 nitrogen and oxygen atoms in total. The monoisotopic (exact) mass is 298 g/mol. The molecule has 1 amide bonds. The third-order valence-electron chi connectivity index (χ3n) is 2.89. The first kappa shape index (κ1) is 14.9. The molecule has 1 aromatic rings. The first-order valence-corrected chi connectivity index (χ1v) is 7.43. The molecule has 7 heteroatoms. The standard InChI is InChI=1S/C13H18N2O4S/c1-3-19-12(16)6-15(9-4-5-9)13(17)10-8-20-11(14-10)7-18-2/h8-9H,3-7H2,1-2H3. The van der Waals surface area contributed by atoms with Gasteiger partial charge in [-0.1, -0.05) is 0 Å². The van der Waals surface area contributed by atoms with Gasteiger partial charge in [0.25, 0.3) is 5.91 Å². The molecule has 1 aliphatic carbocycles. The summed E-state index contributed by atoms with van der Waals surface area (Å²) in [7, 11) is 1.58. The number of carbonyl (C=O) groups is 2. The Hall–Kier alpha value is -1.47. The molecule has 1 aliphatic rings. The summed E-state index contributed by atoms with van der Waals surface area (Å²) in [6.45, 7) is 2.45. The molecule has 0 radical (unpaired) electrons. The lowest BCUT2D eigenvalue weighted by atomic mass is 10.3. The number of amides is 1. The molecule has 1 aromatic heterocycles. The first-order chi connectivity index (χ1) is 9.65. The highest BCUT2D eigenvalue weighted by atomic mass is 32.1. The molecule has 0 aliphatic heterocycles. The third-order valence-corrected chi connectivity index (χ3v) is 3.71. The largest absolute Gasteiger partial charge is 0.465 e. The Morgan fingerprint density at radius 3 is 2.85 bits per heavy atom. The van der Waals surface area contributed by atoms with Gasteiger partial charge in [0.1, 0.15) is 17.2 Å². The van der Waals surface area contributed by atoms with Crippen LogP contribution in [0.3, 0.4) is 0 Å². The summed E-state index contributed by atoms with van der Waals surface area (Å²) in [4.78, 5) is 29.8. The predicted molar refractivity (Wildman–Crippen MR) is 73.5 cm³/mol. The van der Waals surface area contributed by atoms with Crippen molar-refractivity contribution >= 4 is 23.2 Å². The number of ether oxygens (including phenoxy) is 2. The van der Waals surface area contributed by atoms with Crippen molar-refractivity contribution < 1.29 is 19.1 Å². The first-order valence-electron chi connectivity index (χ1n) is 6.55. The van der Waals surface area contributed by atoms with E-state index in [1.54, 1.807) is 24.3 Å². The number of hydrogen-bond acceptors (Lipinski definition) is 6. The van der Waals surface area contributed by atoms with Crippen molar-refractivity contribution in [3.05, 3.63) is 16.1 Å². The van der Waals surface area contributed by atoms with Crippen LogP contribution in [0, 0.1) is 0 Å². The molecule has 0 aromatic carbocycles. The zero-order valence-corrected chi connectivity index (χ0v) is 12.4. The van der Waals surface area contributed by atoms with Crippen LogP contribution in [0.25, 0.3) is 0 Å². The normalized spacial score (nSPS) is 14.1. The van der Waals surface area contributed by atoms with Crippen molar-refractivity contribution in [2.24, 2.45) is 0 Å². The average Bonchev–Trinajstić information content (AvgIpc) is 3.15. The second-order valence-electron chi connectivity index (χ2n) is 4.53. The van der Waals surface area contributed by atoms with Crippen molar-refractivity contribution in [2.45, 2.75) is 32.4 Å². The number of nitrogens with zero attached hydrogens (tertiary/aromatic N) is 2. The quantitative estimate of drug-likeness (QED) is 0.713. The van der Waals surface area contributed by atoms with Gasteiger partial charge in [-0.2, -0.15) is 0 Å². The molecule has 0 atom stereocenters. The van der Waals surface area contributed by atoms with Gasteiger partial charge in [-0.25, -0.2) is 4.98 Å². The van der Waals surface area contributed by atoms with E-state index in [9.17, 15) is 9.59 Å². The number of esters is 1. The Bertz CT molecular complexity index is 484. The zero-order chi connectivity index (χ0) is 14.5. The van der Waals surface area contributed by atoms with Gasteiger partial charge in [0.2, 0.25) is 0 Å². The molecule has 20 heavy (non-hydrogen) atoms. The highest BCUT2D eigenvalue weighted by Gasteiger charge is 2.35. The van der Waals surface area contributed by atoms with Crippen LogP contribution < -0.4 is 0 Å². The Morgan fingerprint density at radius 2 is 2.25 bits per heavy atom. The van der Waals surface area contributed by atoms with Crippen LogP contribution in [0.5, 0.6) is 0 Å². The lowest BCUT2D eigenvalue weighted by Crippen LogP contribution is -2.38. The van der Waals surface area contributed by atoms with Gasteiger partial charge in [0, 0.05) is 18.5 Å². The Labute approximate surface area is 121 Å². The molecule has 1 heterocycles. The van der Waals surface area contributed by atoms with Crippen molar-refractivity contribution in [1.82, 2.24) is 9.88 Å². The molecule has 0 unspecified atom stereocenters. The summed E-state index contributed by atoms with van der Waals surface area (Å²) < 4.78 is 9.90. The maximum absolute atomic E-state index is 12.4. The van der Waals surface area contributed by atoms with E-state index < -0.39 is 0 Å². The fourth-order valence-corrected chi connectivity index (χ4v) is 2.58. The highest BCUT2D eigenvalue weighted by Crippen LogP contribution is 2.28. The van der Waals surface area contributed by atoms with E-state index in [1.807, 2.05) is 0 Å². The predicted octanol–water partition coefficient (Wildman–Crippen LogP) is 1.46. The minimum absolute atomic E-state index is 0.00548. The fraction of sp³-hybridized carbons (Fsp3) is 0.615. The van der Waals surface area contributed by atoms with Gasteiger partial charge in [-0.15, -0.1) is 11.3 Å². The van der Waals surface area contributed by atoms with Gasteiger partial charge < -0.3 is 14.4 Å². The molecule has 0 bridgehead atoms. The summed E-state index contributed by atoms with van der Waals surface area (Å²) in [5.74, 6) is -0.584. The molecule has 1 saturated carbocycles. The highest BCUT2D eigenvalue weighted by molar-refractivity contribution is 7.09. The van der Waals surface area contributed by atoms with Gasteiger partial charge in [-0.3, -0.25) is 9.59 Å². The van der Waals surface area contributed by atoms with Crippen molar-refractivity contribution in [2.75, 3.05) is 20.3 Å². The van der Waals surface area contributed by atoms with E-state index in [-0.39, 0.29) is 24.5 Å². The third kappa shape index (κ3) is 3.77. The minimum Gasteiger partial charge on any atom is -0.465 e. The summed E-state index contributed by atoms with van der Waals surface area (Å²) in [5, 5.41) is 2.46. The van der Waals surface area contributed by atoms with E-state index in [2.05, 4.69) is 4.98 Å². The summed E-state index contributed by atoms with van der Waals surface area (Å²) in [6.07, 6.45) is 1.86. The van der Waals surface area contributed by atoms with Crippen LogP contribution in [0.2, 0.25) is 0 Å². The summed E-state index contributed by atoms with van der Waals surface area (Å²) in [5.41, 5.74) is 0.373. The van der Waals surface area contributed by atoms with E-state index >= 15 is 0 Å². The number of methoxy groups -OCH3 is 1. The van der Waals surface area contributed by atoms with E-state index in [0.717, 1.165) is 17.8 Å². The van der Waals surface area contributed by atoms with E-state index in [4.69, 9.17) is 9.47 Å². The number of hydrogen-bond donors (Lipinski definition) is 0. The van der Waals surface area contributed by atoms with Crippen LogP contribution in [-0.2, 0) is 20.9 Å². The molecular formula is C13H18N2O4S. The lowest BCUT2D eigenvalue weighted by Gasteiger charge is -2.20. The second kappa shape index (κ2) is 6.81. The Kier molecular flexibility index (Phi) is 5.08. The van der Waals surface area contributed by atoms with Gasteiger partial charge >= 0.3 is 5.97 Å². The smallest absolute Gasteiger partial charge is 0.325 e. The molecule has 0 spiro atoms. The van der Waals surface area contributed by atoms with Crippen LogP contribution in [0.1, 0.15) is 35.3 Å². The topological polar surface area (TPSA) is 68.7 Å². The minimum atomic E-state index is -0.375. The number of rotatable bonds is 7. The number of thiazole rings is 1.